The zero-order chi connectivity index (χ0) is 16.6. The van der Waals surface area contributed by atoms with Crippen molar-refractivity contribution in [3.63, 3.8) is 0 Å². The molecule has 0 saturated heterocycles. The molecule has 0 aromatic carbocycles. The average Bonchev–Trinajstić information content (AvgIpc) is 3.11. The van der Waals surface area contributed by atoms with E-state index in [1.54, 1.807) is 6.20 Å². The van der Waals surface area contributed by atoms with Gasteiger partial charge in [0.05, 0.1) is 17.5 Å². The first-order valence-electron chi connectivity index (χ1n) is 7.77. The fourth-order valence-corrected chi connectivity index (χ4v) is 3.47. The number of fused-ring (bicyclic) bond motifs is 1. The van der Waals surface area contributed by atoms with Crippen molar-refractivity contribution in [3.05, 3.63) is 23.3 Å². The van der Waals surface area contributed by atoms with E-state index in [4.69, 9.17) is 5.73 Å². The molecule has 124 valence electrons. The van der Waals surface area contributed by atoms with Gasteiger partial charge in [0.2, 0.25) is 5.13 Å². The number of anilines is 1. The van der Waals surface area contributed by atoms with E-state index in [1.807, 2.05) is 4.68 Å². The standard InChI is InChI=1S/C15H22N6OS/c1-15(2,3)13-19-14(23-20-13)17-7-9-4-5-21-11(6-9)10(8-18-21)12(16)22/h8-9H,4-7H2,1-3H3,(H2,16,22)(H,17,19,20). The van der Waals surface area contributed by atoms with E-state index in [9.17, 15) is 4.79 Å². The minimum atomic E-state index is -0.404. The Morgan fingerprint density at radius 2 is 2.30 bits per heavy atom. The van der Waals surface area contributed by atoms with Crippen LogP contribution in [-0.2, 0) is 18.4 Å². The molecule has 0 bridgehead atoms. The fraction of sp³-hybridized carbons (Fsp3) is 0.600. The molecular formula is C15H22N6OS. The number of amides is 1. The van der Waals surface area contributed by atoms with Gasteiger partial charge in [0.15, 0.2) is 0 Å². The van der Waals surface area contributed by atoms with E-state index in [0.717, 1.165) is 42.6 Å². The summed E-state index contributed by atoms with van der Waals surface area (Å²) in [5.74, 6) is 0.890. The van der Waals surface area contributed by atoms with Crippen LogP contribution in [0.25, 0.3) is 0 Å². The molecule has 1 aliphatic heterocycles. The summed E-state index contributed by atoms with van der Waals surface area (Å²) in [6.07, 6.45) is 3.40. The Bertz CT molecular complexity index is 714. The maximum atomic E-state index is 11.5. The lowest BCUT2D eigenvalue weighted by molar-refractivity contribution is 0.0998. The summed E-state index contributed by atoms with van der Waals surface area (Å²) in [6.45, 7) is 7.94. The van der Waals surface area contributed by atoms with Crippen molar-refractivity contribution < 1.29 is 4.79 Å². The second-order valence-electron chi connectivity index (χ2n) is 7.01. The van der Waals surface area contributed by atoms with Crippen LogP contribution in [0.5, 0.6) is 0 Å². The number of nitrogens with one attached hydrogen (secondary N) is 1. The zero-order valence-electron chi connectivity index (χ0n) is 13.7. The number of aryl methyl sites for hydroxylation is 1. The summed E-state index contributed by atoms with van der Waals surface area (Å²) in [6, 6.07) is 0. The number of nitrogens with zero attached hydrogens (tertiary/aromatic N) is 4. The second-order valence-corrected chi connectivity index (χ2v) is 7.76. The van der Waals surface area contributed by atoms with Gasteiger partial charge in [-0.05, 0) is 18.8 Å². The Hall–Kier alpha value is -1.96. The number of aromatic nitrogens is 4. The van der Waals surface area contributed by atoms with Gasteiger partial charge in [-0.15, -0.1) is 0 Å². The molecule has 1 atom stereocenters. The van der Waals surface area contributed by atoms with Crippen LogP contribution in [0.15, 0.2) is 6.20 Å². The van der Waals surface area contributed by atoms with Crippen LogP contribution in [-0.4, -0.2) is 31.6 Å². The smallest absolute Gasteiger partial charge is 0.252 e. The molecule has 7 nitrogen and oxygen atoms in total. The number of carbonyl (C=O) groups excluding carboxylic acids is 1. The van der Waals surface area contributed by atoms with Gasteiger partial charge >= 0.3 is 0 Å². The third-order valence-corrected chi connectivity index (χ3v) is 4.76. The minimum absolute atomic E-state index is 0.0375. The number of rotatable bonds is 4. The molecule has 2 aromatic heterocycles. The van der Waals surface area contributed by atoms with Gasteiger partial charge in [-0.3, -0.25) is 9.48 Å². The molecule has 3 rings (SSSR count). The first-order chi connectivity index (χ1) is 10.8. The maximum Gasteiger partial charge on any atom is 0.252 e. The van der Waals surface area contributed by atoms with Gasteiger partial charge < -0.3 is 11.1 Å². The van der Waals surface area contributed by atoms with Crippen LogP contribution in [0.3, 0.4) is 0 Å². The predicted molar refractivity (Wildman–Crippen MR) is 89.7 cm³/mol. The highest BCUT2D eigenvalue weighted by Gasteiger charge is 2.25. The van der Waals surface area contributed by atoms with E-state index in [2.05, 4.69) is 40.5 Å². The first kappa shape index (κ1) is 15.9. The van der Waals surface area contributed by atoms with E-state index in [0.29, 0.717) is 11.5 Å². The number of carbonyl (C=O) groups is 1. The van der Waals surface area contributed by atoms with Crippen LogP contribution >= 0.6 is 11.5 Å². The van der Waals surface area contributed by atoms with Gasteiger partial charge in [-0.2, -0.15) is 9.47 Å². The summed E-state index contributed by atoms with van der Waals surface area (Å²) < 4.78 is 6.30. The molecular weight excluding hydrogens is 312 g/mol. The van der Waals surface area contributed by atoms with Crippen molar-refractivity contribution in [2.45, 2.75) is 45.6 Å². The molecule has 2 aromatic rings. The Morgan fingerprint density at radius 1 is 1.52 bits per heavy atom. The van der Waals surface area contributed by atoms with Crippen LogP contribution in [0.2, 0.25) is 0 Å². The van der Waals surface area contributed by atoms with Crippen molar-refractivity contribution >= 4 is 22.6 Å². The summed E-state index contributed by atoms with van der Waals surface area (Å²) in [7, 11) is 0. The quantitative estimate of drug-likeness (QED) is 0.888. The molecule has 0 saturated carbocycles. The first-order valence-corrected chi connectivity index (χ1v) is 8.54. The van der Waals surface area contributed by atoms with E-state index in [-0.39, 0.29) is 5.41 Å². The molecule has 0 aliphatic carbocycles. The summed E-state index contributed by atoms with van der Waals surface area (Å²) in [5.41, 5.74) is 6.86. The van der Waals surface area contributed by atoms with Gasteiger partial charge in [-0.25, -0.2) is 4.98 Å². The molecule has 1 amide bonds. The second kappa shape index (κ2) is 5.92. The monoisotopic (exact) mass is 334 g/mol. The molecule has 3 N–H and O–H groups in total. The Balaban J connectivity index is 1.63. The van der Waals surface area contributed by atoms with E-state index in [1.165, 1.54) is 11.5 Å². The predicted octanol–water partition coefficient (Wildman–Crippen LogP) is 1.81. The highest BCUT2D eigenvalue weighted by Crippen LogP contribution is 2.25. The van der Waals surface area contributed by atoms with E-state index >= 15 is 0 Å². The lowest BCUT2D eigenvalue weighted by Crippen LogP contribution is -2.27. The molecule has 23 heavy (non-hydrogen) atoms. The van der Waals surface area contributed by atoms with Crippen LogP contribution in [0.4, 0.5) is 5.13 Å². The molecule has 8 heteroatoms. The minimum Gasteiger partial charge on any atom is -0.365 e. The SMILES string of the molecule is CC(C)(C)c1nsc(NCC2CCn3ncc(C(N)=O)c3C2)n1. The lowest BCUT2D eigenvalue weighted by atomic mass is 9.94. The summed E-state index contributed by atoms with van der Waals surface area (Å²) in [5, 5.41) is 8.46. The van der Waals surface area contributed by atoms with Crippen molar-refractivity contribution in [3.8, 4) is 0 Å². The molecule has 3 heterocycles. The normalized spacial score (nSPS) is 17.8. The third kappa shape index (κ3) is 3.36. The summed E-state index contributed by atoms with van der Waals surface area (Å²) >= 11 is 1.40. The van der Waals surface area contributed by atoms with Crippen molar-refractivity contribution in [2.75, 3.05) is 11.9 Å². The third-order valence-electron chi connectivity index (χ3n) is 4.08. The average molecular weight is 334 g/mol. The number of hydrogen-bond acceptors (Lipinski definition) is 6. The Labute approximate surface area is 139 Å². The molecule has 0 spiro atoms. The Kier molecular flexibility index (Phi) is 4.09. The lowest BCUT2D eigenvalue weighted by Gasteiger charge is -2.24. The molecule has 0 radical (unpaired) electrons. The topological polar surface area (TPSA) is 98.7 Å². The van der Waals surface area contributed by atoms with Crippen molar-refractivity contribution in [1.82, 2.24) is 19.1 Å². The van der Waals surface area contributed by atoms with Crippen molar-refractivity contribution in [1.29, 1.82) is 0 Å². The number of hydrogen-bond donors (Lipinski definition) is 2. The van der Waals surface area contributed by atoms with Gasteiger partial charge in [0, 0.05) is 30.0 Å². The molecule has 0 fully saturated rings. The van der Waals surface area contributed by atoms with Crippen molar-refractivity contribution in [2.24, 2.45) is 11.7 Å². The maximum absolute atomic E-state index is 11.5. The fourth-order valence-electron chi connectivity index (χ4n) is 2.71. The van der Waals surface area contributed by atoms with Gasteiger partial charge in [0.25, 0.3) is 5.91 Å². The largest absolute Gasteiger partial charge is 0.365 e. The van der Waals surface area contributed by atoms with Crippen LogP contribution < -0.4 is 11.1 Å². The highest BCUT2D eigenvalue weighted by atomic mass is 32.1. The zero-order valence-corrected chi connectivity index (χ0v) is 14.5. The summed E-state index contributed by atoms with van der Waals surface area (Å²) in [4.78, 5) is 16.0. The van der Waals surface area contributed by atoms with E-state index < -0.39 is 5.91 Å². The number of primary amides is 1. The Morgan fingerprint density at radius 3 is 2.96 bits per heavy atom. The van der Waals surface area contributed by atoms with Gasteiger partial charge in [-0.1, -0.05) is 20.8 Å². The highest BCUT2D eigenvalue weighted by molar-refractivity contribution is 7.09. The van der Waals surface area contributed by atoms with Crippen LogP contribution in [0, 0.1) is 5.92 Å². The molecule has 1 unspecified atom stereocenters. The molecule has 1 aliphatic rings. The van der Waals surface area contributed by atoms with Crippen LogP contribution in [0.1, 0.15) is 49.1 Å². The number of nitrogens with two attached hydrogens (primary N) is 1. The van der Waals surface area contributed by atoms with Gasteiger partial charge in [0.1, 0.15) is 5.82 Å².